The summed E-state index contributed by atoms with van der Waals surface area (Å²) in [4.78, 5) is 52.0. The van der Waals surface area contributed by atoms with Crippen LogP contribution in [0.3, 0.4) is 0 Å². The molecular weight excluding hydrogens is 348 g/mol. The van der Waals surface area contributed by atoms with Crippen LogP contribution in [0.2, 0.25) is 0 Å². The Morgan fingerprint density at radius 2 is 1.89 bits per heavy atom. The van der Waals surface area contributed by atoms with E-state index in [9.17, 15) is 19.2 Å². The first-order valence-corrected chi connectivity index (χ1v) is 9.35. The molecule has 8 heteroatoms. The molecule has 0 unspecified atom stereocenters. The molecule has 2 aliphatic heterocycles. The van der Waals surface area contributed by atoms with Crippen LogP contribution in [0.4, 0.5) is 10.5 Å². The maximum Gasteiger partial charge on any atom is 0.319 e. The van der Waals surface area contributed by atoms with Gasteiger partial charge in [-0.3, -0.25) is 19.3 Å². The van der Waals surface area contributed by atoms with Gasteiger partial charge in [-0.1, -0.05) is 6.92 Å². The van der Waals surface area contributed by atoms with Crippen LogP contribution in [-0.4, -0.2) is 58.7 Å². The predicted octanol–water partition coefficient (Wildman–Crippen LogP) is 1.58. The number of carbonyl (C=O) groups excluding carboxylic acids is 4. The van der Waals surface area contributed by atoms with Crippen LogP contribution in [-0.2, 0) is 4.79 Å². The van der Waals surface area contributed by atoms with Crippen molar-refractivity contribution in [2.75, 3.05) is 18.4 Å². The van der Waals surface area contributed by atoms with Gasteiger partial charge in [-0.05, 0) is 37.5 Å². The minimum Gasteiger partial charge on any atom is -0.341 e. The van der Waals surface area contributed by atoms with Gasteiger partial charge in [0.15, 0.2) is 0 Å². The molecule has 1 saturated carbocycles. The quantitative estimate of drug-likeness (QED) is 0.769. The Hall–Kier alpha value is -2.90. The van der Waals surface area contributed by atoms with Gasteiger partial charge in [-0.15, -0.1) is 0 Å². The van der Waals surface area contributed by atoms with Gasteiger partial charge >= 0.3 is 6.03 Å². The zero-order valence-electron chi connectivity index (χ0n) is 15.2. The Balaban J connectivity index is 1.40. The highest BCUT2D eigenvalue weighted by atomic mass is 16.2. The van der Waals surface area contributed by atoms with Crippen molar-refractivity contribution >= 4 is 29.4 Å². The van der Waals surface area contributed by atoms with E-state index in [1.807, 2.05) is 6.92 Å². The number of amides is 5. The molecule has 1 aromatic carbocycles. The second kappa shape index (κ2) is 6.68. The molecule has 1 aliphatic carbocycles. The van der Waals surface area contributed by atoms with Crippen LogP contribution in [0.25, 0.3) is 0 Å². The molecule has 2 fully saturated rings. The molecule has 1 aromatic rings. The molecule has 2 heterocycles. The number of imide groups is 1. The monoisotopic (exact) mass is 370 g/mol. The summed E-state index contributed by atoms with van der Waals surface area (Å²) in [7, 11) is 0. The summed E-state index contributed by atoms with van der Waals surface area (Å²) in [6.07, 6.45) is 2.88. The molecule has 0 radical (unpaired) electrons. The van der Waals surface area contributed by atoms with Gasteiger partial charge in [0.25, 0.3) is 11.8 Å². The number of hydrogen-bond acceptors (Lipinski definition) is 4. The van der Waals surface area contributed by atoms with Gasteiger partial charge in [0.05, 0.1) is 17.2 Å². The van der Waals surface area contributed by atoms with Gasteiger partial charge in [0, 0.05) is 31.2 Å². The minimum atomic E-state index is -0.429. The number of fused-ring (bicyclic) bond motifs is 1. The molecule has 4 rings (SSSR count). The molecule has 2 N–H and O–H groups in total. The van der Waals surface area contributed by atoms with Crippen LogP contribution in [0.5, 0.6) is 0 Å². The second-order valence-corrected chi connectivity index (χ2v) is 7.31. The molecule has 3 aliphatic rings. The van der Waals surface area contributed by atoms with Crippen LogP contribution in [0, 0.1) is 0 Å². The van der Waals surface area contributed by atoms with E-state index in [0.29, 0.717) is 36.3 Å². The van der Waals surface area contributed by atoms with Gasteiger partial charge in [-0.25, -0.2) is 4.79 Å². The predicted molar refractivity (Wildman–Crippen MR) is 97.4 cm³/mol. The van der Waals surface area contributed by atoms with Gasteiger partial charge < -0.3 is 15.5 Å². The average Bonchev–Trinajstić information content (AvgIpc) is 3.35. The smallest absolute Gasteiger partial charge is 0.319 e. The number of carbonyl (C=O) groups is 4. The Kier molecular flexibility index (Phi) is 4.33. The van der Waals surface area contributed by atoms with Crippen molar-refractivity contribution in [1.29, 1.82) is 0 Å². The Bertz CT molecular complexity index is 833. The largest absolute Gasteiger partial charge is 0.341 e. The van der Waals surface area contributed by atoms with Gasteiger partial charge in [0.2, 0.25) is 5.91 Å². The lowest BCUT2D eigenvalue weighted by Gasteiger charge is -2.16. The first kappa shape index (κ1) is 17.5. The molecule has 0 bridgehead atoms. The summed E-state index contributed by atoms with van der Waals surface area (Å²) in [5, 5.41) is 5.49. The highest BCUT2D eigenvalue weighted by Gasteiger charge is 2.44. The lowest BCUT2D eigenvalue weighted by atomic mass is 10.1. The number of hydrogen-bond donors (Lipinski definition) is 2. The fourth-order valence-electron chi connectivity index (χ4n) is 3.71. The number of nitrogens with one attached hydrogen (secondary N) is 2. The van der Waals surface area contributed by atoms with E-state index in [0.717, 1.165) is 19.3 Å². The number of rotatable bonds is 5. The van der Waals surface area contributed by atoms with E-state index < -0.39 is 6.03 Å². The third kappa shape index (κ3) is 3.27. The Morgan fingerprint density at radius 3 is 2.59 bits per heavy atom. The average molecular weight is 370 g/mol. The molecule has 1 atom stereocenters. The van der Waals surface area contributed by atoms with Crippen molar-refractivity contribution in [3.8, 4) is 0 Å². The van der Waals surface area contributed by atoms with Gasteiger partial charge in [0.1, 0.15) is 0 Å². The molecular formula is C19H22N4O4. The number of likely N-dealkylation sites (tertiary alicyclic amines) is 1. The maximum atomic E-state index is 12.5. The molecule has 27 heavy (non-hydrogen) atoms. The van der Waals surface area contributed by atoms with Crippen molar-refractivity contribution in [2.24, 2.45) is 0 Å². The summed E-state index contributed by atoms with van der Waals surface area (Å²) < 4.78 is 0. The van der Waals surface area contributed by atoms with Crippen molar-refractivity contribution in [2.45, 2.75) is 44.7 Å². The summed E-state index contributed by atoms with van der Waals surface area (Å²) in [5.41, 5.74) is 1.16. The van der Waals surface area contributed by atoms with Crippen molar-refractivity contribution < 1.29 is 19.2 Å². The second-order valence-electron chi connectivity index (χ2n) is 7.31. The normalized spacial score (nSPS) is 21.7. The number of urea groups is 1. The highest BCUT2D eigenvalue weighted by Crippen LogP contribution is 2.35. The SMILES string of the molecule is CCCN1C[C@H](NC(=O)Nc2ccc3c(c2)C(=O)N(C2CC2)C3=O)CC1=O. The molecule has 0 spiro atoms. The maximum absolute atomic E-state index is 12.5. The van der Waals surface area contributed by atoms with Gasteiger partial charge in [-0.2, -0.15) is 0 Å². The number of nitrogens with zero attached hydrogens (tertiary/aromatic N) is 2. The molecule has 142 valence electrons. The van der Waals surface area contributed by atoms with E-state index in [2.05, 4.69) is 10.6 Å². The molecule has 8 nitrogen and oxygen atoms in total. The fraction of sp³-hybridized carbons (Fsp3) is 0.474. The topological polar surface area (TPSA) is 98.8 Å². The lowest BCUT2D eigenvalue weighted by Crippen LogP contribution is -2.39. The highest BCUT2D eigenvalue weighted by molar-refractivity contribution is 6.22. The summed E-state index contributed by atoms with van der Waals surface area (Å²) in [6, 6.07) is 4.09. The van der Waals surface area contributed by atoms with E-state index in [-0.39, 0.29) is 29.8 Å². The first-order chi connectivity index (χ1) is 13.0. The molecule has 5 amide bonds. The fourth-order valence-corrected chi connectivity index (χ4v) is 3.71. The van der Waals surface area contributed by atoms with Crippen molar-refractivity contribution in [1.82, 2.24) is 15.1 Å². The third-order valence-corrected chi connectivity index (χ3v) is 5.13. The van der Waals surface area contributed by atoms with E-state index in [1.165, 1.54) is 4.90 Å². The third-order valence-electron chi connectivity index (χ3n) is 5.13. The lowest BCUT2D eigenvalue weighted by molar-refractivity contribution is -0.127. The standard InChI is InChI=1S/C19H22N4O4/c1-2-7-22-10-12(9-16(22)24)21-19(27)20-11-3-6-14-15(8-11)18(26)23(17(14)25)13-4-5-13/h3,6,8,12-13H,2,4-5,7,9-10H2,1H3,(H2,20,21,27)/t12-/m1/s1. The van der Waals surface area contributed by atoms with E-state index in [1.54, 1.807) is 23.1 Å². The summed E-state index contributed by atoms with van der Waals surface area (Å²) >= 11 is 0. The first-order valence-electron chi connectivity index (χ1n) is 9.35. The summed E-state index contributed by atoms with van der Waals surface area (Å²) in [5.74, 6) is -0.504. The number of anilines is 1. The molecule has 0 aromatic heterocycles. The number of benzene rings is 1. The van der Waals surface area contributed by atoms with E-state index >= 15 is 0 Å². The summed E-state index contributed by atoms with van der Waals surface area (Å²) in [6.45, 7) is 3.20. The van der Waals surface area contributed by atoms with Crippen LogP contribution in [0.1, 0.15) is 53.3 Å². The Morgan fingerprint density at radius 1 is 1.15 bits per heavy atom. The van der Waals surface area contributed by atoms with Crippen molar-refractivity contribution in [3.63, 3.8) is 0 Å². The zero-order valence-corrected chi connectivity index (χ0v) is 15.2. The van der Waals surface area contributed by atoms with Crippen molar-refractivity contribution in [3.05, 3.63) is 29.3 Å². The van der Waals surface area contributed by atoms with E-state index in [4.69, 9.17) is 0 Å². The molecule has 1 saturated heterocycles. The van der Waals surface area contributed by atoms with Crippen LogP contribution < -0.4 is 10.6 Å². The van der Waals surface area contributed by atoms with Crippen LogP contribution >= 0.6 is 0 Å². The zero-order chi connectivity index (χ0) is 19.1. The van der Waals surface area contributed by atoms with Crippen LogP contribution in [0.15, 0.2) is 18.2 Å². The Labute approximate surface area is 156 Å². The minimum absolute atomic E-state index is 0.0167.